The van der Waals surface area contributed by atoms with Crippen molar-refractivity contribution in [3.8, 4) is 11.5 Å². The predicted molar refractivity (Wildman–Crippen MR) is 110 cm³/mol. The maximum Gasteiger partial charge on any atom is 0.387 e. The Kier molecular flexibility index (Phi) is 7.33. The number of nitrogens with zero attached hydrogens (tertiary/aromatic N) is 3. The summed E-state index contributed by atoms with van der Waals surface area (Å²) in [7, 11) is 1.18. The maximum absolute atomic E-state index is 12.7. The van der Waals surface area contributed by atoms with Gasteiger partial charge in [-0.3, -0.25) is 25.1 Å². The van der Waals surface area contributed by atoms with Crippen LogP contribution in [0.5, 0.6) is 11.5 Å². The van der Waals surface area contributed by atoms with E-state index in [1.807, 2.05) is 5.38 Å². The number of hydrogen-bond donors (Lipinski definition) is 1. The number of benzene rings is 1. The van der Waals surface area contributed by atoms with Gasteiger partial charge in [0.15, 0.2) is 16.6 Å². The molecule has 1 aliphatic rings. The maximum atomic E-state index is 12.7. The Labute approximate surface area is 181 Å². The number of rotatable bonds is 8. The van der Waals surface area contributed by atoms with E-state index < -0.39 is 28.9 Å². The first-order valence-electron chi connectivity index (χ1n) is 9.56. The number of amides is 1. The van der Waals surface area contributed by atoms with Crippen LogP contribution in [0.4, 0.5) is 19.6 Å². The lowest BCUT2D eigenvalue weighted by Gasteiger charge is -2.29. The van der Waals surface area contributed by atoms with Gasteiger partial charge in [0.25, 0.3) is 11.6 Å². The average Bonchev–Trinajstić information content (AvgIpc) is 3.15. The predicted octanol–water partition coefficient (Wildman–Crippen LogP) is 4.15. The molecule has 2 heterocycles. The molecule has 0 spiro atoms. The molecule has 1 saturated heterocycles. The summed E-state index contributed by atoms with van der Waals surface area (Å²) < 4.78 is 34.3. The molecule has 31 heavy (non-hydrogen) atoms. The van der Waals surface area contributed by atoms with Gasteiger partial charge in [-0.1, -0.05) is 6.92 Å². The lowest BCUT2D eigenvalue weighted by atomic mass is 9.99. The largest absolute Gasteiger partial charge is 0.493 e. The molecule has 0 bridgehead atoms. The number of methoxy groups -OCH3 is 1. The highest BCUT2D eigenvalue weighted by molar-refractivity contribution is 7.14. The summed E-state index contributed by atoms with van der Waals surface area (Å²) in [6, 6.07) is 1.74. The Balaban J connectivity index is 1.75. The minimum absolute atomic E-state index is 0.227. The van der Waals surface area contributed by atoms with Crippen LogP contribution in [-0.2, 0) is 6.54 Å². The first kappa shape index (κ1) is 22.8. The van der Waals surface area contributed by atoms with E-state index in [0.717, 1.165) is 43.8 Å². The van der Waals surface area contributed by atoms with Crippen LogP contribution in [0.25, 0.3) is 0 Å². The molecule has 0 radical (unpaired) electrons. The first-order valence-corrected chi connectivity index (χ1v) is 10.4. The van der Waals surface area contributed by atoms with E-state index in [9.17, 15) is 23.7 Å². The summed E-state index contributed by atoms with van der Waals surface area (Å²) in [5, 5.41) is 16.0. The number of piperidine rings is 1. The molecule has 3 rings (SSSR count). The Bertz CT molecular complexity index is 947. The first-order chi connectivity index (χ1) is 14.8. The van der Waals surface area contributed by atoms with Gasteiger partial charge in [-0.05, 0) is 31.8 Å². The summed E-state index contributed by atoms with van der Waals surface area (Å²) >= 11 is 1.20. The number of alkyl halides is 2. The van der Waals surface area contributed by atoms with Gasteiger partial charge < -0.3 is 9.47 Å². The van der Waals surface area contributed by atoms with Crippen molar-refractivity contribution in [2.24, 2.45) is 5.92 Å². The number of nitro benzene ring substituents is 1. The van der Waals surface area contributed by atoms with Crippen LogP contribution < -0.4 is 14.8 Å². The molecule has 0 unspecified atom stereocenters. The molecule has 1 aromatic carbocycles. The smallest absolute Gasteiger partial charge is 0.387 e. The number of nitro groups is 1. The highest BCUT2D eigenvalue weighted by Crippen LogP contribution is 2.36. The number of carbonyl (C=O) groups is 1. The van der Waals surface area contributed by atoms with Gasteiger partial charge in [0, 0.05) is 18.0 Å². The molecule has 1 amide bonds. The molecule has 168 valence electrons. The van der Waals surface area contributed by atoms with Crippen molar-refractivity contribution in [3.63, 3.8) is 0 Å². The number of hydrogen-bond acceptors (Lipinski definition) is 8. The summed E-state index contributed by atoms with van der Waals surface area (Å²) in [5.74, 6) is -0.851. The number of likely N-dealkylation sites (tertiary alicyclic amines) is 1. The zero-order chi connectivity index (χ0) is 22.5. The lowest BCUT2D eigenvalue weighted by Crippen LogP contribution is -2.32. The standard InChI is InChI=1S/C19H22F2N4O5S/c1-11-3-5-24(6-4-11)9-12-10-31-19(22-12)23-17(26)13-7-15(29-2)16(30-18(20)21)8-14(13)25(27)28/h7-8,10-11,18H,3-6,9H2,1-2H3,(H,22,23,26). The second-order valence-corrected chi connectivity index (χ2v) is 8.07. The van der Waals surface area contributed by atoms with Gasteiger partial charge in [0.2, 0.25) is 0 Å². The van der Waals surface area contributed by atoms with Crippen molar-refractivity contribution in [3.05, 3.63) is 38.9 Å². The van der Waals surface area contributed by atoms with Crippen LogP contribution in [-0.4, -0.2) is 47.5 Å². The second-order valence-electron chi connectivity index (χ2n) is 7.21. The summed E-state index contributed by atoms with van der Waals surface area (Å²) in [6.07, 6.45) is 2.26. The number of anilines is 1. The van der Waals surface area contributed by atoms with Crippen LogP contribution in [0.1, 0.15) is 35.8 Å². The third-order valence-electron chi connectivity index (χ3n) is 4.97. The highest BCUT2D eigenvalue weighted by Gasteiger charge is 2.26. The van der Waals surface area contributed by atoms with E-state index >= 15 is 0 Å². The SMILES string of the molecule is COc1cc(C(=O)Nc2nc(CN3CCC(C)CC3)cs2)c([N+](=O)[O-])cc1OC(F)F. The highest BCUT2D eigenvalue weighted by atomic mass is 32.1. The number of carbonyl (C=O) groups excluding carboxylic acids is 1. The molecule has 0 atom stereocenters. The number of aromatic nitrogens is 1. The second kappa shape index (κ2) is 9.96. The number of nitrogens with one attached hydrogen (secondary N) is 1. The van der Waals surface area contributed by atoms with Gasteiger partial charge in [0.1, 0.15) is 5.56 Å². The molecule has 0 aliphatic carbocycles. The van der Waals surface area contributed by atoms with Gasteiger partial charge >= 0.3 is 6.61 Å². The molecule has 1 N–H and O–H groups in total. The zero-order valence-electron chi connectivity index (χ0n) is 17.0. The van der Waals surface area contributed by atoms with Crippen LogP contribution in [0, 0.1) is 16.0 Å². The summed E-state index contributed by atoms with van der Waals surface area (Å²) in [5.41, 5.74) is -0.249. The molecule has 1 fully saturated rings. The van der Waals surface area contributed by atoms with E-state index in [-0.39, 0.29) is 16.4 Å². The summed E-state index contributed by atoms with van der Waals surface area (Å²) in [4.78, 5) is 29.9. The van der Waals surface area contributed by atoms with Gasteiger partial charge in [-0.25, -0.2) is 4.98 Å². The van der Waals surface area contributed by atoms with Gasteiger partial charge in [-0.15, -0.1) is 11.3 Å². The lowest BCUT2D eigenvalue weighted by molar-refractivity contribution is -0.385. The molecular formula is C19H22F2N4O5S. The van der Waals surface area contributed by atoms with E-state index in [4.69, 9.17) is 4.74 Å². The number of thiazole rings is 1. The third-order valence-corrected chi connectivity index (χ3v) is 5.78. The number of ether oxygens (including phenoxy) is 2. The minimum Gasteiger partial charge on any atom is -0.493 e. The Morgan fingerprint density at radius 1 is 1.39 bits per heavy atom. The number of halogens is 2. The van der Waals surface area contributed by atoms with Crippen molar-refractivity contribution in [2.75, 3.05) is 25.5 Å². The van der Waals surface area contributed by atoms with Crippen LogP contribution in [0.2, 0.25) is 0 Å². The van der Waals surface area contributed by atoms with E-state index in [1.165, 1.54) is 18.4 Å². The molecule has 12 heteroatoms. The Hall–Kier alpha value is -2.86. The van der Waals surface area contributed by atoms with Crippen molar-refractivity contribution in [2.45, 2.75) is 32.9 Å². The Morgan fingerprint density at radius 2 is 2.10 bits per heavy atom. The van der Waals surface area contributed by atoms with Crippen LogP contribution in [0.3, 0.4) is 0 Å². The van der Waals surface area contributed by atoms with Crippen molar-refractivity contribution < 1.29 is 28.0 Å². The quantitative estimate of drug-likeness (QED) is 0.470. The van der Waals surface area contributed by atoms with Gasteiger partial charge in [0.05, 0.1) is 23.8 Å². The summed E-state index contributed by atoms with van der Waals surface area (Å²) in [6.45, 7) is 1.66. The monoisotopic (exact) mass is 456 g/mol. The topological polar surface area (TPSA) is 107 Å². The van der Waals surface area contributed by atoms with E-state index in [2.05, 4.69) is 26.9 Å². The van der Waals surface area contributed by atoms with Gasteiger partial charge in [-0.2, -0.15) is 8.78 Å². The van der Waals surface area contributed by atoms with E-state index in [0.29, 0.717) is 12.5 Å². The van der Waals surface area contributed by atoms with Crippen LogP contribution >= 0.6 is 11.3 Å². The minimum atomic E-state index is -3.20. The fraction of sp³-hybridized carbons (Fsp3) is 0.474. The van der Waals surface area contributed by atoms with E-state index in [1.54, 1.807) is 0 Å². The van der Waals surface area contributed by atoms with Crippen molar-refractivity contribution >= 4 is 28.1 Å². The molecule has 9 nitrogen and oxygen atoms in total. The van der Waals surface area contributed by atoms with Crippen molar-refractivity contribution in [1.29, 1.82) is 0 Å². The Morgan fingerprint density at radius 3 is 2.71 bits per heavy atom. The third kappa shape index (κ3) is 5.85. The van der Waals surface area contributed by atoms with Crippen LogP contribution in [0.15, 0.2) is 17.5 Å². The molecule has 1 aromatic heterocycles. The fourth-order valence-corrected chi connectivity index (χ4v) is 3.98. The normalized spacial score (nSPS) is 15.1. The molecular weight excluding hydrogens is 434 g/mol. The fourth-order valence-electron chi connectivity index (χ4n) is 3.28. The van der Waals surface area contributed by atoms with Crippen molar-refractivity contribution in [1.82, 2.24) is 9.88 Å². The average molecular weight is 456 g/mol. The molecule has 2 aromatic rings. The zero-order valence-corrected chi connectivity index (χ0v) is 17.8. The molecule has 0 saturated carbocycles. The molecule has 1 aliphatic heterocycles.